The second-order valence-electron chi connectivity index (χ2n) is 5.66. The van der Waals surface area contributed by atoms with Gasteiger partial charge in [0, 0.05) is 38.8 Å². The summed E-state index contributed by atoms with van der Waals surface area (Å²) in [5, 5.41) is 2.45. The van der Waals surface area contributed by atoms with Gasteiger partial charge in [0.1, 0.15) is 0 Å². The first-order valence-corrected chi connectivity index (χ1v) is 6.73. The summed E-state index contributed by atoms with van der Waals surface area (Å²) in [6.07, 6.45) is 2.82. The van der Waals surface area contributed by atoms with Gasteiger partial charge in [-0.3, -0.25) is 5.43 Å². The first kappa shape index (κ1) is 11.0. The van der Waals surface area contributed by atoms with E-state index in [0.29, 0.717) is 0 Å². The van der Waals surface area contributed by atoms with Gasteiger partial charge in [0.15, 0.2) is 0 Å². The molecule has 0 aromatic rings. The largest absolute Gasteiger partial charge is 0.304 e. The zero-order chi connectivity index (χ0) is 11.0. The monoisotopic (exact) mass is 224 g/mol. The third kappa shape index (κ3) is 2.25. The summed E-state index contributed by atoms with van der Waals surface area (Å²) >= 11 is 0. The number of nitrogens with one attached hydrogen (secondary N) is 1. The highest BCUT2D eigenvalue weighted by Crippen LogP contribution is 2.27. The molecule has 1 unspecified atom stereocenters. The molecule has 4 fully saturated rings. The third-order valence-electron chi connectivity index (χ3n) is 4.51. The highest BCUT2D eigenvalue weighted by Gasteiger charge is 2.34. The van der Waals surface area contributed by atoms with Crippen molar-refractivity contribution in [2.24, 2.45) is 5.92 Å². The summed E-state index contributed by atoms with van der Waals surface area (Å²) in [6.45, 7) is 8.72. The SMILES string of the molecule is CN1CCN(NC2CN3CCC2CC3)CC1. The lowest BCUT2D eigenvalue weighted by atomic mass is 9.84. The van der Waals surface area contributed by atoms with Crippen LogP contribution in [-0.2, 0) is 0 Å². The maximum Gasteiger partial charge on any atom is 0.0371 e. The quantitative estimate of drug-likeness (QED) is 0.703. The number of hydrogen-bond donors (Lipinski definition) is 1. The molecule has 2 bridgehead atoms. The maximum absolute atomic E-state index is 3.77. The first-order chi connectivity index (χ1) is 7.81. The second-order valence-corrected chi connectivity index (χ2v) is 5.66. The fraction of sp³-hybridized carbons (Fsp3) is 1.00. The molecule has 0 saturated carbocycles. The topological polar surface area (TPSA) is 21.8 Å². The first-order valence-electron chi connectivity index (χ1n) is 6.73. The average Bonchev–Trinajstić information content (AvgIpc) is 2.34. The van der Waals surface area contributed by atoms with E-state index in [9.17, 15) is 0 Å². The van der Waals surface area contributed by atoms with E-state index in [2.05, 4.69) is 27.3 Å². The van der Waals surface area contributed by atoms with Gasteiger partial charge in [-0.25, -0.2) is 5.01 Å². The van der Waals surface area contributed by atoms with E-state index in [4.69, 9.17) is 0 Å². The van der Waals surface area contributed by atoms with Crippen LogP contribution in [0.3, 0.4) is 0 Å². The number of piperidine rings is 3. The number of piperazine rings is 1. The minimum atomic E-state index is 0.728. The molecule has 4 heterocycles. The van der Waals surface area contributed by atoms with E-state index >= 15 is 0 Å². The lowest BCUT2D eigenvalue weighted by Gasteiger charge is -2.47. The van der Waals surface area contributed by atoms with Crippen LogP contribution in [0, 0.1) is 5.92 Å². The van der Waals surface area contributed by atoms with Crippen molar-refractivity contribution >= 4 is 0 Å². The molecule has 16 heavy (non-hydrogen) atoms. The van der Waals surface area contributed by atoms with Crippen LogP contribution >= 0.6 is 0 Å². The number of hydrogen-bond acceptors (Lipinski definition) is 4. The van der Waals surface area contributed by atoms with Crippen molar-refractivity contribution in [3.63, 3.8) is 0 Å². The van der Waals surface area contributed by atoms with Crippen LogP contribution in [0.4, 0.5) is 0 Å². The molecule has 92 valence electrons. The standard InChI is InChI=1S/C12H24N4/c1-14-6-8-16(9-7-14)13-12-10-15-4-2-11(12)3-5-15/h11-13H,2-10H2,1H3. The summed E-state index contributed by atoms with van der Waals surface area (Å²) in [5.74, 6) is 0.935. The Hall–Kier alpha value is -0.160. The lowest BCUT2D eigenvalue weighted by molar-refractivity contribution is 0.00948. The van der Waals surface area contributed by atoms with Crippen molar-refractivity contribution in [3.8, 4) is 0 Å². The smallest absolute Gasteiger partial charge is 0.0371 e. The molecule has 1 atom stereocenters. The van der Waals surface area contributed by atoms with Crippen LogP contribution in [0.15, 0.2) is 0 Å². The molecule has 4 heteroatoms. The summed E-state index contributed by atoms with van der Waals surface area (Å²) in [6, 6.07) is 0.728. The Morgan fingerprint density at radius 1 is 0.938 bits per heavy atom. The van der Waals surface area contributed by atoms with Gasteiger partial charge in [-0.15, -0.1) is 0 Å². The highest BCUT2D eigenvalue weighted by molar-refractivity contribution is 4.90. The molecule has 4 nitrogen and oxygen atoms in total. The van der Waals surface area contributed by atoms with Crippen molar-refractivity contribution in [1.82, 2.24) is 20.2 Å². The van der Waals surface area contributed by atoms with Crippen molar-refractivity contribution in [3.05, 3.63) is 0 Å². The summed E-state index contributed by atoms with van der Waals surface area (Å²) < 4.78 is 0. The fourth-order valence-corrected chi connectivity index (χ4v) is 3.28. The van der Waals surface area contributed by atoms with Gasteiger partial charge in [-0.05, 0) is 38.9 Å². The molecule has 4 saturated heterocycles. The molecule has 0 spiro atoms. The van der Waals surface area contributed by atoms with Crippen molar-refractivity contribution in [1.29, 1.82) is 0 Å². The van der Waals surface area contributed by atoms with E-state index in [1.165, 1.54) is 58.7 Å². The fourth-order valence-electron chi connectivity index (χ4n) is 3.28. The Balaban J connectivity index is 1.51. The van der Waals surface area contributed by atoms with Crippen molar-refractivity contribution in [2.75, 3.05) is 52.9 Å². The van der Waals surface area contributed by atoms with E-state index in [0.717, 1.165) is 12.0 Å². The van der Waals surface area contributed by atoms with Crippen LogP contribution in [0.25, 0.3) is 0 Å². The zero-order valence-electron chi connectivity index (χ0n) is 10.4. The van der Waals surface area contributed by atoms with Gasteiger partial charge in [0.25, 0.3) is 0 Å². The number of fused-ring (bicyclic) bond motifs is 3. The zero-order valence-corrected chi connectivity index (χ0v) is 10.4. The molecule has 0 aromatic heterocycles. The molecule has 0 radical (unpaired) electrons. The predicted molar refractivity (Wildman–Crippen MR) is 65.2 cm³/mol. The van der Waals surface area contributed by atoms with Crippen LogP contribution in [0.2, 0.25) is 0 Å². The molecular weight excluding hydrogens is 200 g/mol. The van der Waals surface area contributed by atoms with Crippen LogP contribution < -0.4 is 5.43 Å². The Kier molecular flexibility index (Phi) is 3.16. The van der Waals surface area contributed by atoms with Crippen LogP contribution in [-0.4, -0.2) is 73.7 Å². The molecule has 4 aliphatic heterocycles. The Morgan fingerprint density at radius 2 is 1.62 bits per heavy atom. The van der Waals surface area contributed by atoms with Gasteiger partial charge < -0.3 is 9.80 Å². The van der Waals surface area contributed by atoms with Gasteiger partial charge >= 0.3 is 0 Å². The van der Waals surface area contributed by atoms with E-state index in [1.807, 2.05) is 0 Å². The van der Waals surface area contributed by atoms with Gasteiger partial charge in [-0.1, -0.05) is 0 Å². The Bertz CT molecular complexity index is 229. The number of likely N-dealkylation sites (N-methyl/N-ethyl adjacent to an activating group) is 1. The summed E-state index contributed by atoms with van der Waals surface area (Å²) in [5.41, 5.74) is 3.77. The molecule has 0 aromatic carbocycles. The minimum absolute atomic E-state index is 0.728. The number of nitrogens with zero attached hydrogens (tertiary/aromatic N) is 3. The van der Waals surface area contributed by atoms with Gasteiger partial charge in [0.2, 0.25) is 0 Å². The van der Waals surface area contributed by atoms with Crippen LogP contribution in [0.5, 0.6) is 0 Å². The molecular formula is C12H24N4. The number of rotatable bonds is 2. The third-order valence-corrected chi connectivity index (χ3v) is 4.51. The van der Waals surface area contributed by atoms with Crippen molar-refractivity contribution in [2.45, 2.75) is 18.9 Å². The molecule has 4 rings (SSSR count). The molecule has 0 aliphatic carbocycles. The highest BCUT2D eigenvalue weighted by atomic mass is 15.5. The normalized spacial score (nSPS) is 41.4. The van der Waals surface area contributed by atoms with E-state index in [-0.39, 0.29) is 0 Å². The average molecular weight is 224 g/mol. The summed E-state index contributed by atoms with van der Waals surface area (Å²) in [4.78, 5) is 5.03. The van der Waals surface area contributed by atoms with Gasteiger partial charge in [-0.2, -0.15) is 0 Å². The van der Waals surface area contributed by atoms with Crippen molar-refractivity contribution < 1.29 is 0 Å². The summed E-state index contributed by atoms with van der Waals surface area (Å²) in [7, 11) is 2.21. The maximum atomic E-state index is 3.77. The Labute approximate surface area is 98.5 Å². The molecule has 0 amide bonds. The molecule has 1 N–H and O–H groups in total. The molecule has 4 aliphatic rings. The Morgan fingerprint density at radius 3 is 2.19 bits per heavy atom. The van der Waals surface area contributed by atoms with E-state index < -0.39 is 0 Å². The number of hydrazine groups is 1. The van der Waals surface area contributed by atoms with Gasteiger partial charge in [0.05, 0.1) is 0 Å². The lowest BCUT2D eigenvalue weighted by Crippen LogP contribution is -2.62. The van der Waals surface area contributed by atoms with E-state index in [1.54, 1.807) is 0 Å². The second kappa shape index (κ2) is 4.61. The van der Waals surface area contributed by atoms with Crippen LogP contribution in [0.1, 0.15) is 12.8 Å². The predicted octanol–water partition coefficient (Wildman–Crippen LogP) is -0.167. The minimum Gasteiger partial charge on any atom is -0.304 e.